The first-order chi connectivity index (χ1) is 15.9. The lowest BCUT2D eigenvalue weighted by Gasteiger charge is -2.54. The van der Waals surface area contributed by atoms with Gasteiger partial charge >= 0.3 is 5.97 Å². The Bertz CT molecular complexity index is 1210. The van der Waals surface area contributed by atoms with E-state index in [4.69, 9.17) is 9.47 Å². The molecule has 0 N–H and O–H groups in total. The molecule has 1 aromatic heterocycles. The lowest BCUT2D eigenvalue weighted by molar-refractivity contribution is -0.161. The number of fused-ring (bicyclic) bond motifs is 1. The number of tetrazole rings is 1. The van der Waals surface area contributed by atoms with Crippen molar-refractivity contribution < 1.29 is 32.3 Å². The van der Waals surface area contributed by atoms with E-state index in [2.05, 4.69) is 15.5 Å². The molecule has 0 saturated carbocycles. The predicted octanol–water partition coefficient (Wildman–Crippen LogP) is 1.23. The zero-order chi connectivity index (χ0) is 26.7. The van der Waals surface area contributed by atoms with Gasteiger partial charge in [-0.1, -0.05) is 32.5 Å². The van der Waals surface area contributed by atoms with Gasteiger partial charge < -0.3 is 9.47 Å². The molecule has 1 aromatic rings. The van der Waals surface area contributed by atoms with Crippen LogP contribution >= 0.6 is 11.8 Å². The van der Waals surface area contributed by atoms with Crippen molar-refractivity contribution in [2.24, 2.45) is 12.5 Å². The highest BCUT2D eigenvalue weighted by molar-refractivity contribution is 8.15. The first kappa shape index (κ1) is 27.3. The van der Waals surface area contributed by atoms with Crippen LogP contribution in [0.5, 0.6) is 0 Å². The van der Waals surface area contributed by atoms with E-state index in [1.165, 1.54) is 25.8 Å². The molecule has 3 atom stereocenters. The maximum Gasteiger partial charge on any atom is 0.309 e. The number of hydrogen-bond donors (Lipinski definition) is 0. The highest BCUT2D eigenvalue weighted by atomic mass is 32.3. The van der Waals surface area contributed by atoms with Gasteiger partial charge in [0.1, 0.15) is 5.60 Å². The molecule has 1 saturated heterocycles. The van der Waals surface area contributed by atoms with Gasteiger partial charge in [0, 0.05) is 19.6 Å². The van der Waals surface area contributed by atoms with E-state index < -0.39 is 60.5 Å². The minimum absolute atomic E-state index is 0.0374. The van der Waals surface area contributed by atoms with Crippen molar-refractivity contribution in [3.05, 3.63) is 11.3 Å². The van der Waals surface area contributed by atoms with Gasteiger partial charge in [-0.2, -0.15) is 0 Å². The number of ketones is 1. The third kappa shape index (κ3) is 4.40. The number of aryl methyl sites for hydroxylation is 1. The second-order valence-electron chi connectivity index (χ2n) is 10.6. The van der Waals surface area contributed by atoms with Crippen molar-refractivity contribution >= 4 is 39.3 Å². The fourth-order valence-electron chi connectivity index (χ4n) is 4.02. The van der Waals surface area contributed by atoms with Crippen molar-refractivity contribution in [2.45, 2.75) is 81.2 Å². The molecule has 1 amide bonds. The van der Waals surface area contributed by atoms with Gasteiger partial charge in [0.05, 0.1) is 12.1 Å². The first-order valence-corrected chi connectivity index (χ1v) is 13.2. The van der Waals surface area contributed by atoms with Gasteiger partial charge in [0.15, 0.2) is 31.2 Å². The molecule has 1 fully saturated rings. The quantitative estimate of drug-likeness (QED) is 0.386. The Hall–Kier alpha value is -2.32. The van der Waals surface area contributed by atoms with Crippen LogP contribution in [-0.4, -0.2) is 79.5 Å². The molecule has 0 spiro atoms. The number of thioether (sulfide) groups is 1. The van der Waals surface area contributed by atoms with Gasteiger partial charge in [-0.15, -0.1) is 5.10 Å². The number of nitrogens with zero attached hydrogens (tertiary/aromatic N) is 5. The number of amides is 1. The van der Waals surface area contributed by atoms with E-state index in [1.54, 1.807) is 41.5 Å². The molecule has 0 aliphatic carbocycles. The molecule has 1 unspecified atom stereocenters. The summed E-state index contributed by atoms with van der Waals surface area (Å²) in [4.78, 5) is 40.6. The van der Waals surface area contributed by atoms with Crippen LogP contribution in [0, 0.1) is 5.41 Å². The summed E-state index contributed by atoms with van der Waals surface area (Å²) in [6.07, 6.45) is -1.96. The minimum Gasteiger partial charge on any atom is -0.460 e. The van der Waals surface area contributed by atoms with E-state index in [0.717, 1.165) is 16.7 Å². The monoisotopic (exact) mass is 529 g/mol. The number of aromatic nitrogens is 4. The number of Topliss-reactive ketones (excluding diaryl/α,β-unsaturated/α-hetero) is 1. The average Bonchev–Trinajstić information content (AvgIpc) is 3.09. The molecule has 2 aliphatic rings. The third-order valence-corrected chi connectivity index (χ3v) is 10.4. The number of rotatable bonds is 6. The average molecular weight is 530 g/mol. The number of hydrogen-bond acceptors (Lipinski definition) is 11. The topological polar surface area (TPSA) is 151 Å². The van der Waals surface area contributed by atoms with E-state index >= 15 is 0 Å². The summed E-state index contributed by atoms with van der Waals surface area (Å²) >= 11 is 0.734. The summed E-state index contributed by atoms with van der Waals surface area (Å²) in [5, 5.41) is 9.84. The molecule has 0 radical (unpaired) electrons. The molecule has 12 nitrogen and oxygen atoms in total. The Kier molecular flexibility index (Phi) is 6.75. The Labute approximate surface area is 208 Å². The zero-order valence-electron chi connectivity index (χ0n) is 21.3. The molecule has 35 heavy (non-hydrogen) atoms. The molecule has 0 bridgehead atoms. The van der Waals surface area contributed by atoms with Crippen molar-refractivity contribution in [1.29, 1.82) is 0 Å². The SMILES string of the molecule is CO[C@H]1C(=O)N2C(C(=O)C(C)(C)C)=C(C)C(CC(=O)OC(C)(C)C)(Sc3nnnn3C)S(=O)(=O)[C@H]12. The Morgan fingerprint density at radius 2 is 1.77 bits per heavy atom. The molecule has 194 valence electrons. The predicted molar refractivity (Wildman–Crippen MR) is 125 cm³/mol. The van der Waals surface area contributed by atoms with Crippen LogP contribution in [0.1, 0.15) is 54.9 Å². The largest absolute Gasteiger partial charge is 0.460 e. The fourth-order valence-corrected chi connectivity index (χ4v) is 8.26. The summed E-state index contributed by atoms with van der Waals surface area (Å²) in [5.74, 6) is -1.87. The van der Waals surface area contributed by atoms with Crippen LogP contribution in [0.15, 0.2) is 16.4 Å². The van der Waals surface area contributed by atoms with Crippen LogP contribution in [0.4, 0.5) is 0 Å². The van der Waals surface area contributed by atoms with Gasteiger partial charge in [0.25, 0.3) is 5.91 Å². The smallest absolute Gasteiger partial charge is 0.309 e. The van der Waals surface area contributed by atoms with Crippen LogP contribution in [-0.2, 0) is 40.7 Å². The molecule has 0 aromatic carbocycles. The second-order valence-corrected chi connectivity index (χ2v) is 14.4. The van der Waals surface area contributed by atoms with Crippen molar-refractivity contribution in [3.8, 4) is 0 Å². The maximum absolute atomic E-state index is 14.3. The molecule has 3 heterocycles. The van der Waals surface area contributed by atoms with Crippen LogP contribution in [0.2, 0.25) is 0 Å². The molecule has 2 aliphatic heterocycles. The number of sulfone groups is 1. The highest BCUT2D eigenvalue weighted by Gasteiger charge is 2.69. The van der Waals surface area contributed by atoms with E-state index in [9.17, 15) is 22.8 Å². The number of methoxy groups -OCH3 is 1. The fraction of sp³-hybridized carbons (Fsp3) is 0.714. The number of esters is 1. The van der Waals surface area contributed by atoms with Gasteiger partial charge in [-0.3, -0.25) is 19.3 Å². The molecular formula is C21H31N5O7S2. The number of carbonyl (C=O) groups excluding carboxylic acids is 3. The normalized spacial score (nSPS) is 26.3. The van der Waals surface area contributed by atoms with Gasteiger partial charge in [-0.25, -0.2) is 13.1 Å². The van der Waals surface area contributed by atoms with Gasteiger partial charge in [0.2, 0.25) is 5.16 Å². The Morgan fingerprint density at radius 3 is 2.23 bits per heavy atom. The van der Waals surface area contributed by atoms with E-state index in [1.807, 2.05) is 0 Å². The summed E-state index contributed by atoms with van der Waals surface area (Å²) in [6.45, 7) is 11.4. The summed E-state index contributed by atoms with van der Waals surface area (Å²) < 4.78 is 38.4. The first-order valence-electron chi connectivity index (χ1n) is 10.9. The summed E-state index contributed by atoms with van der Waals surface area (Å²) in [5.41, 5.74) is -1.87. The maximum atomic E-state index is 14.3. The van der Waals surface area contributed by atoms with Crippen molar-refractivity contribution in [2.75, 3.05) is 7.11 Å². The Balaban J connectivity index is 2.35. The lowest BCUT2D eigenvalue weighted by Crippen LogP contribution is -2.74. The Morgan fingerprint density at radius 1 is 1.17 bits per heavy atom. The second kappa shape index (κ2) is 8.66. The summed E-state index contributed by atoms with van der Waals surface area (Å²) in [6, 6.07) is 0. The van der Waals surface area contributed by atoms with Crippen LogP contribution < -0.4 is 0 Å². The highest BCUT2D eigenvalue weighted by Crippen LogP contribution is 2.55. The van der Waals surface area contributed by atoms with Crippen molar-refractivity contribution in [3.63, 3.8) is 0 Å². The van der Waals surface area contributed by atoms with E-state index in [-0.39, 0.29) is 16.4 Å². The zero-order valence-corrected chi connectivity index (χ0v) is 22.9. The van der Waals surface area contributed by atoms with Gasteiger partial charge in [-0.05, 0) is 43.7 Å². The third-order valence-electron chi connectivity index (χ3n) is 5.72. The summed E-state index contributed by atoms with van der Waals surface area (Å²) in [7, 11) is -1.65. The van der Waals surface area contributed by atoms with Crippen LogP contribution in [0.3, 0.4) is 0 Å². The number of ether oxygens (including phenoxy) is 2. The molecular weight excluding hydrogens is 498 g/mol. The molecule has 3 rings (SSSR count). The van der Waals surface area contributed by atoms with Crippen LogP contribution in [0.25, 0.3) is 0 Å². The lowest BCUT2D eigenvalue weighted by atomic mass is 9.84. The number of β-lactam (4-membered cyclic amide) rings is 1. The van der Waals surface area contributed by atoms with E-state index in [0.29, 0.717) is 0 Å². The standard InChI is InChI=1S/C21H31N5O7S2/c1-11-13(15(28)19(2,3)4)26-16(29)14(32-9)17(26)35(30,31)21(11,10-12(27)33-20(5,6)7)34-18-22-23-24-25(18)8/h14,17H,10H2,1-9H3/t14-,17+,21?/m0/s1. The minimum atomic E-state index is -4.40. The molecule has 14 heteroatoms. The number of carbonyl (C=O) groups is 3. The number of allylic oxidation sites excluding steroid dienone is 1. The van der Waals surface area contributed by atoms with Crippen molar-refractivity contribution in [1.82, 2.24) is 25.1 Å².